The largest absolute Gasteiger partial charge is 0.444 e. The van der Waals surface area contributed by atoms with Gasteiger partial charge in [0.25, 0.3) is 0 Å². The second-order valence-corrected chi connectivity index (χ2v) is 2.12. The summed E-state index contributed by atoms with van der Waals surface area (Å²) in [6, 6.07) is 0. The zero-order valence-electron chi connectivity index (χ0n) is 6.20. The molecule has 0 spiro atoms. The van der Waals surface area contributed by atoms with Gasteiger partial charge in [0.15, 0.2) is 0 Å². The van der Waals surface area contributed by atoms with E-state index in [9.17, 15) is 4.79 Å². The fourth-order valence-electron chi connectivity index (χ4n) is 0.672. The van der Waals surface area contributed by atoms with Crippen molar-refractivity contribution >= 4 is 6.09 Å². The van der Waals surface area contributed by atoms with Gasteiger partial charge in [-0.05, 0) is 13.3 Å². The fourth-order valence-corrected chi connectivity index (χ4v) is 0.672. The Labute approximate surface area is 60.0 Å². The van der Waals surface area contributed by atoms with Crippen molar-refractivity contribution in [3.8, 4) is 0 Å². The third-order valence-corrected chi connectivity index (χ3v) is 1.21. The van der Waals surface area contributed by atoms with Gasteiger partial charge in [-0.25, -0.2) is 4.79 Å². The smallest absolute Gasteiger partial charge is 0.404 e. The number of carbonyl (C=O) groups is 1. The van der Waals surface area contributed by atoms with Crippen LogP contribution < -0.4 is 5.73 Å². The summed E-state index contributed by atoms with van der Waals surface area (Å²) < 4.78 is 4.55. The summed E-state index contributed by atoms with van der Waals surface area (Å²) >= 11 is 0. The Hall–Kier alpha value is -0.770. The molecule has 0 aliphatic heterocycles. The molecule has 0 aromatic heterocycles. The van der Waals surface area contributed by atoms with Crippen molar-refractivity contribution in [1.29, 1.82) is 0 Å². The number of carbonyl (C=O) groups excluding carboxylic acids is 1. The summed E-state index contributed by atoms with van der Waals surface area (Å²) in [6.45, 7) is 3.36. The molecular formula is C6H13NO3. The van der Waals surface area contributed by atoms with Crippen LogP contribution in [0.2, 0.25) is 0 Å². The minimum Gasteiger partial charge on any atom is -0.444 e. The summed E-state index contributed by atoms with van der Waals surface area (Å²) in [5.41, 5.74) is 4.73. The van der Waals surface area contributed by atoms with Gasteiger partial charge in [-0.1, -0.05) is 6.92 Å². The lowest BCUT2D eigenvalue weighted by Crippen LogP contribution is -2.30. The molecule has 3 N–H and O–H groups in total. The lowest BCUT2D eigenvalue weighted by Gasteiger charge is -2.16. The van der Waals surface area contributed by atoms with E-state index < -0.39 is 18.3 Å². The summed E-state index contributed by atoms with van der Waals surface area (Å²) in [6.07, 6.45) is -1.40. The number of aliphatic hydroxyl groups excluding tert-OH is 1. The highest BCUT2D eigenvalue weighted by molar-refractivity contribution is 5.64. The van der Waals surface area contributed by atoms with E-state index in [4.69, 9.17) is 10.8 Å². The summed E-state index contributed by atoms with van der Waals surface area (Å²) in [5.74, 6) is 0. The van der Waals surface area contributed by atoms with E-state index in [0.29, 0.717) is 6.42 Å². The van der Waals surface area contributed by atoms with Crippen molar-refractivity contribution in [2.45, 2.75) is 32.5 Å². The normalized spacial score (nSPS) is 15.9. The zero-order chi connectivity index (χ0) is 8.15. The van der Waals surface area contributed by atoms with Crippen LogP contribution in [0.4, 0.5) is 4.79 Å². The number of primary amides is 1. The van der Waals surface area contributed by atoms with Crippen LogP contribution >= 0.6 is 0 Å². The number of aliphatic hydroxyl groups is 1. The van der Waals surface area contributed by atoms with Crippen LogP contribution in [0.3, 0.4) is 0 Å². The molecular weight excluding hydrogens is 134 g/mol. The molecule has 4 nitrogen and oxygen atoms in total. The predicted molar refractivity (Wildman–Crippen MR) is 36.4 cm³/mol. The maximum atomic E-state index is 10.2. The predicted octanol–water partition coefficient (Wildman–Crippen LogP) is 0.241. The number of hydrogen-bond donors (Lipinski definition) is 2. The van der Waals surface area contributed by atoms with Gasteiger partial charge < -0.3 is 15.6 Å². The summed E-state index contributed by atoms with van der Waals surface area (Å²) in [5, 5.41) is 8.93. The highest BCUT2D eigenvalue weighted by atomic mass is 16.6. The Morgan fingerprint density at radius 2 is 2.30 bits per heavy atom. The first-order chi connectivity index (χ1) is 4.57. The van der Waals surface area contributed by atoms with E-state index in [0.717, 1.165) is 0 Å². The van der Waals surface area contributed by atoms with Crippen molar-refractivity contribution in [1.82, 2.24) is 0 Å². The average molecular weight is 147 g/mol. The zero-order valence-corrected chi connectivity index (χ0v) is 6.20. The minimum absolute atomic E-state index is 0.475. The molecule has 0 heterocycles. The van der Waals surface area contributed by atoms with Crippen LogP contribution in [0.5, 0.6) is 0 Å². The van der Waals surface area contributed by atoms with E-state index in [1.165, 1.54) is 0 Å². The number of ether oxygens (including phenoxy) is 1. The summed E-state index contributed by atoms with van der Waals surface area (Å²) in [7, 11) is 0. The van der Waals surface area contributed by atoms with Crippen LogP contribution in [0.25, 0.3) is 0 Å². The Bertz CT molecular complexity index is 114. The second-order valence-electron chi connectivity index (χ2n) is 2.12. The lowest BCUT2D eigenvalue weighted by atomic mass is 10.2. The van der Waals surface area contributed by atoms with E-state index in [1.807, 2.05) is 0 Å². The molecule has 0 rings (SSSR count). The topological polar surface area (TPSA) is 72.5 Å². The van der Waals surface area contributed by atoms with Gasteiger partial charge in [-0.3, -0.25) is 0 Å². The molecule has 2 atom stereocenters. The van der Waals surface area contributed by atoms with Gasteiger partial charge in [-0.15, -0.1) is 0 Å². The Morgan fingerprint density at radius 1 is 1.80 bits per heavy atom. The van der Waals surface area contributed by atoms with Crippen LogP contribution in [0, 0.1) is 0 Å². The quantitative estimate of drug-likeness (QED) is 0.600. The molecule has 0 aliphatic rings. The summed E-state index contributed by atoms with van der Waals surface area (Å²) in [4.78, 5) is 10.2. The fraction of sp³-hybridized carbons (Fsp3) is 0.833. The van der Waals surface area contributed by atoms with Crippen molar-refractivity contribution < 1.29 is 14.6 Å². The SMILES string of the molecule is CCC(OC(N)=O)C(C)O. The number of nitrogens with two attached hydrogens (primary N) is 1. The number of amides is 1. The van der Waals surface area contributed by atoms with Gasteiger partial charge in [0.1, 0.15) is 6.10 Å². The van der Waals surface area contributed by atoms with Crippen molar-refractivity contribution in [3.63, 3.8) is 0 Å². The van der Waals surface area contributed by atoms with E-state index >= 15 is 0 Å². The number of hydrogen-bond acceptors (Lipinski definition) is 3. The maximum absolute atomic E-state index is 10.2. The second kappa shape index (κ2) is 4.11. The van der Waals surface area contributed by atoms with Gasteiger partial charge in [-0.2, -0.15) is 0 Å². The van der Waals surface area contributed by atoms with E-state index in [-0.39, 0.29) is 0 Å². The first-order valence-corrected chi connectivity index (χ1v) is 3.22. The molecule has 0 aromatic rings. The first-order valence-electron chi connectivity index (χ1n) is 3.22. The van der Waals surface area contributed by atoms with Crippen molar-refractivity contribution in [3.05, 3.63) is 0 Å². The van der Waals surface area contributed by atoms with Crippen LogP contribution in [-0.4, -0.2) is 23.4 Å². The molecule has 0 fully saturated rings. The first kappa shape index (κ1) is 9.23. The van der Waals surface area contributed by atoms with Crippen LogP contribution in [0.15, 0.2) is 0 Å². The van der Waals surface area contributed by atoms with E-state index in [2.05, 4.69) is 4.74 Å². The number of rotatable bonds is 3. The maximum Gasteiger partial charge on any atom is 0.404 e. The van der Waals surface area contributed by atoms with Crippen molar-refractivity contribution in [2.75, 3.05) is 0 Å². The molecule has 60 valence electrons. The molecule has 0 aliphatic carbocycles. The molecule has 4 heteroatoms. The molecule has 2 unspecified atom stereocenters. The standard InChI is InChI=1S/C6H13NO3/c1-3-5(4(2)8)10-6(7)9/h4-5,8H,3H2,1-2H3,(H2,7,9). The Morgan fingerprint density at radius 3 is 2.40 bits per heavy atom. The molecule has 10 heavy (non-hydrogen) atoms. The van der Waals surface area contributed by atoms with Crippen LogP contribution in [-0.2, 0) is 4.74 Å². The Kier molecular flexibility index (Phi) is 3.79. The third kappa shape index (κ3) is 3.29. The minimum atomic E-state index is -0.840. The molecule has 0 aromatic carbocycles. The molecule has 0 radical (unpaired) electrons. The van der Waals surface area contributed by atoms with Gasteiger partial charge in [0, 0.05) is 0 Å². The lowest BCUT2D eigenvalue weighted by molar-refractivity contribution is 0.0141. The molecule has 0 saturated heterocycles. The van der Waals surface area contributed by atoms with Gasteiger partial charge in [0.05, 0.1) is 6.10 Å². The Balaban J connectivity index is 3.71. The molecule has 1 amide bonds. The monoisotopic (exact) mass is 147 g/mol. The van der Waals surface area contributed by atoms with Gasteiger partial charge >= 0.3 is 6.09 Å². The highest BCUT2D eigenvalue weighted by Gasteiger charge is 2.15. The van der Waals surface area contributed by atoms with E-state index in [1.54, 1.807) is 13.8 Å². The highest BCUT2D eigenvalue weighted by Crippen LogP contribution is 2.02. The average Bonchev–Trinajstić information content (AvgIpc) is 1.81. The van der Waals surface area contributed by atoms with Crippen molar-refractivity contribution in [2.24, 2.45) is 5.73 Å². The molecule has 0 bridgehead atoms. The van der Waals surface area contributed by atoms with Gasteiger partial charge in [0.2, 0.25) is 0 Å². The third-order valence-electron chi connectivity index (χ3n) is 1.21. The molecule has 0 saturated carbocycles. The van der Waals surface area contributed by atoms with Crippen LogP contribution in [0.1, 0.15) is 20.3 Å².